The number of nitrogens with zero attached hydrogens (tertiary/aromatic N) is 4. The van der Waals surface area contributed by atoms with Crippen LogP contribution in [-0.2, 0) is 6.18 Å². The van der Waals surface area contributed by atoms with Crippen molar-refractivity contribution in [3.63, 3.8) is 0 Å². The number of anilines is 1. The lowest BCUT2D eigenvalue weighted by Gasteiger charge is -2.34. The molecule has 1 fully saturated rings. The van der Waals surface area contributed by atoms with Gasteiger partial charge in [0.15, 0.2) is 0 Å². The fourth-order valence-corrected chi connectivity index (χ4v) is 3.26. The van der Waals surface area contributed by atoms with Gasteiger partial charge < -0.3 is 19.3 Å². The Bertz CT molecular complexity index is 1090. The molecule has 0 bridgehead atoms. The molecule has 172 valence electrons. The van der Waals surface area contributed by atoms with Crippen LogP contribution in [0.5, 0.6) is 17.4 Å². The molecule has 0 atom stereocenters. The molecule has 0 saturated carbocycles. The Morgan fingerprint density at radius 2 is 1.58 bits per heavy atom. The van der Waals surface area contributed by atoms with Crippen molar-refractivity contribution in [2.24, 2.45) is 0 Å². The van der Waals surface area contributed by atoms with Crippen LogP contribution in [0.15, 0.2) is 60.9 Å². The molecular weight excluding hydrogens is 461 g/mol. The number of benzene rings is 1. The summed E-state index contributed by atoms with van der Waals surface area (Å²) in [5.74, 6) is 1.68. The monoisotopic (exact) mass is 478 g/mol. The lowest BCUT2D eigenvalue weighted by atomic mass is 10.2. The molecule has 2 aromatic heterocycles. The number of alkyl halides is 3. The van der Waals surface area contributed by atoms with E-state index in [2.05, 4.69) is 9.97 Å². The molecule has 1 aliphatic rings. The van der Waals surface area contributed by atoms with Crippen molar-refractivity contribution >= 4 is 23.5 Å². The highest BCUT2D eigenvalue weighted by atomic mass is 35.5. The Labute approximate surface area is 192 Å². The second-order valence-corrected chi connectivity index (χ2v) is 7.57. The number of hydrogen-bond donors (Lipinski definition) is 0. The summed E-state index contributed by atoms with van der Waals surface area (Å²) in [5, 5.41) is 0.501. The number of piperazine rings is 1. The maximum Gasteiger partial charge on any atom is 0.417 e. The Hall–Kier alpha value is -3.53. The number of carbonyl (C=O) groups excluding carboxylic acids is 1. The quantitative estimate of drug-likeness (QED) is 0.509. The van der Waals surface area contributed by atoms with E-state index in [0.29, 0.717) is 54.4 Å². The standard InChI is InChI=1S/C22H18ClF3N4O3/c23-16-2-8-20(28-14-16)32-17-3-5-18(6-4-17)33-21(31)30-11-9-29(10-12-30)19-7-1-15(13-27-19)22(24,25)26/h1-8,13-14H,9-12H2. The van der Waals surface area contributed by atoms with Crippen LogP contribution in [-0.4, -0.2) is 47.1 Å². The van der Waals surface area contributed by atoms with Gasteiger partial charge in [0, 0.05) is 44.6 Å². The van der Waals surface area contributed by atoms with E-state index in [1.165, 1.54) is 17.2 Å². The molecule has 7 nitrogen and oxygen atoms in total. The van der Waals surface area contributed by atoms with E-state index in [1.54, 1.807) is 36.4 Å². The van der Waals surface area contributed by atoms with Gasteiger partial charge >= 0.3 is 12.3 Å². The zero-order valence-corrected chi connectivity index (χ0v) is 17.9. The minimum atomic E-state index is -4.43. The summed E-state index contributed by atoms with van der Waals surface area (Å²) in [6.07, 6.45) is -2.65. The predicted octanol–water partition coefficient (Wildman–Crippen LogP) is 5.26. The summed E-state index contributed by atoms with van der Waals surface area (Å²) in [4.78, 5) is 23.8. The Morgan fingerprint density at radius 3 is 2.15 bits per heavy atom. The molecule has 0 unspecified atom stereocenters. The van der Waals surface area contributed by atoms with Gasteiger partial charge in [0.05, 0.1) is 10.6 Å². The van der Waals surface area contributed by atoms with E-state index in [9.17, 15) is 18.0 Å². The molecule has 1 aromatic carbocycles. The topological polar surface area (TPSA) is 67.8 Å². The number of hydrogen-bond acceptors (Lipinski definition) is 6. The summed E-state index contributed by atoms with van der Waals surface area (Å²) in [6.45, 7) is 1.55. The Balaban J connectivity index is 1.28. The van der Waals surface area contributed by atoms with Crippen LogP contribution in [0.2, 0.25) is 5.02 Å². The maximum absolute atomic E-state index is 12.7. The number of carbonyl (C=O) groups is 1. The van der Waals surface area contributed by atoms with Gasteiger partial charge in [-0.25, -0.2) is 14.8 Å². The smallest absolute Gasteiger partial charge is 0.417 e. The first-order chi connectivity index (χ1) is 15.8. The minimum absolute atomic E-state index is 0.350. The average molecular weight is 479 g/mol. The van der Waals surface area contributed by atoms with Crippen LogP contribution in [0.3, 0.4) is 0 Å². The number of ether oxygens (including phenoxy) is 2. The number of aromatic nitrogens is 2. The third kappa shape index (κ3) is 5.83. The fraction of sp³-hybridized carbons (Fsp3) is 0.227. The molecule has 3 heterocycles. The van der Waals surface area contributed by atoms with Crippen molar-refractivity contribution in [2.45, 2.75) is 6.18 Å². The van der Waals surface area contributed by atoms with E-state index >= 15 is 0 Å². The van der Waals surface area contributed by atoms with Crippen molar-refractivity contribution in [1.82, 2.24) is 14.9 Å². The van der Waals surface area contributed by atoms with Crippen LogP contribution in [0, 0.1) is 0 Å². The zero-order valence-electron chi connectivity index (χ0n) is 17.1. The molecule has 3 aromatic rings. The van der Waals surface area contributed by atoms with Gasteiger partial charge in [-0.1, -0.05) is 11.6 Å². The van der Waals surface area contributed by atoms with Crippen LogP contribution in [0.1, 0.15) is 5.56 Å². The Morgan fingerprint density at radius 1 is 0.879 bits per heavy atom. The predicted molar refractivity (Wildman–Crippen MR) is 115 cm³/mol. The van der Waals surface area contributed by atoms with Crippen LogP contribution < -0.4 is 14.4 Å². The molecule has 33 heavy (non-hydrogen) atoms. The second-order valence-electron chi connectivity index (χ2n) is 7.13. The van der Waals surface area contributed by atoms with E-state index in [-0.39, 0.29) is 0 Å². The molecule has 0 spiro atoms. The zero-order chi connectivity index (χ0) is 23.4. The minimum Gasteiger partial charge on any atom is -0.439 e. The van der Waals surface area contributed by atoms with Crippen LogP contribution >= 0.6 is 11.6 Å². The van der Waals surface area contributed by atoms with Gasteiger partial charge in [-0.15, -0.1) is 0 Å². The highest BCUT2D eigenvalue weighted by molar-refractivity contribution is 6.30. The van der Waals surface area contributed by atoms with Crippen molar-refractivity contribution in [2.75, 3.05) is 31.1 Å². The SMILES string of the molecule is O=C(Oc1ccc(Oc2ccc(Cl)cn2)cc1)N1CCN(c2ccc(C(F)(F)F)cn2)CC1. The lowest BCUT2D eigenvalue weighted by molar-refractivity contribution is -0.137. The fourth-order valence-electron chi connectivity index (χ4n) is 3.14. The highest BCUT2D eigenvalue weighted by Gasteiger charge is 2.31. The molecule has 4 rings (SSSR count). The van der Waals surface area contributed by atoms with Crippen molar-refractivity contribution in [3.05, 3.63) is 71.5 Å². The number of rotatable bonds is 4. The number of pyridine rings is 2. The van der Waals surface area contributed by atoms with Crippen molar-refractivity contribution < 1.29 is 27.4 Å². The third-order valence-corrected chi connectivity index (χ3v) is 5.11. The maximum atomic E-state index is 12.7. The Kier molecular flexibility index (Phi) is 6.55. The summed E-state index contributed by atoms with van der Waals surface area (Å²) in [6, 6.07) is 12.1. The van der Waals surface area contributed by atoms with E-state index in [0.717, 1.165) is 12.3 Å². The average Bonchev–Trinajstić information content (AvgIpc) is 2.81. The largest absolute Gasteiger partial charge is 0.439 e. The van der Waals surface area contributed by atoms with Gasteiger partial charge in [0.1, 0.15) is 17.3 Å². The number of halogens is 4. The van der Waals surface area contributed by atoms with Gasteiger partial charge in [-0.2, -0.15) is 13.2 Å². The molecule has 1 aliphatic heterocycles. The summed E-state index contributed by atoms with van der Waals surface area (Å²) in [7, 11) is 0. The number of amides is 1. The first kappa shape index (κ1) is 22.7. The summed E-state index contributed by atoms with van der Waals surface area (Å²) < 4.78 is 49.1. The molecule has 0 radical (unpaired) electrons. The van der Waals surface area contributed by atoms with Crippen molar-refractivity contribution in [1.29, 1.82) is 0 Å². The van der Waals surface area contributed by atoms with Crippen molar-refractivity contribution in [3.8, 4) is 17.4 Å². The molecule has 0 aliphatic carbocycles. The third-order valence-electron chi connectivity index (χ3n) is 4.89. The van der Waals surface area contributed by atoms with Gasteiger partial charge in [0.2, 0.25) is 5.88 Å². The first-order valence-electron chi connectivity index (χ1n) is 9.92. The lowest BCUT2D eigenvalue weighted by Crippen LogP contribution is -2.49. The van der Waals surface area contributed by atoms with Crippen LogP contribution in [0.4, 0.5) is 23.8 Å². The van der Waals surface area contributed by atoms with Crippen LogP contribution in [0.25, 0.3) is 0 Å². The van der Waals surface area contributed by atoms with E-state index < -0.39 is 17.8 Å². The van der Waals surface area contributed by atoms with Gasteiger partial charge in [-0.05, 0) is 42.5 Å². The molecule has 11 heteroatoms. The van der Waals surface area contributed by atoms with E-state index in [4.69, 9.17) is 21.1 Å². The highest BCUT2D eigenvalue weighted by Crippen LogP contribution is 2.29. The first-order valence-corrected chi connectivity index (χ1v) is 10.3. The van der Waals surface area contributed by atoms with Gasteiger partial charge in [0.25, 0.3) is 0 Å². The normalized spacial score (nSPS) is 14.2. The molecular formula is C22H18ClF3N4O3. The summed E-state index contributed by atoms with van der Waals surface area (Å²) >= 11 is 5.79. The molecule has 1 amide bonds. The molecule has 0 N–H and O–H groups in total. The van der Waals surface area contributed by atoms with Gasteiger partial charge in [-0.3, -0.25) is 0 Å². The van der Waals surface area contributed by atoms with E-state index in [1.807, 2.05) is 4.90 Å². The summed E-state index contributed by atoms with van der Waals surface area (Å²) in [5.41, 5.74) is -0.797. The molecule has 1 saturated heterocycles. The second kappa shape index (κ2) is 9.53.